The molecule has 0 aliphatic heterocycles. The zero-order chi connectivity index (χ0) is 19.0. The molecule has 2 aliphatic carbocycles. The van der Waals surface area contributed by atoms with E-state index in [0.29, 0.717) is 17.4 Å². The first-order valence-electron chi connectivity index (χ1n) is 10.3. The zero-order valence-corrected chi connectivity index (χ0v) is 16.0. The summed E-state index contributed by atoms with van der Waals surface area (Å²) in [5.74, 6) is 0.656. The molecule has 0 radical (unpaired) electrons. The summed E-state index contributed by atoms with van der Waals surface area (Å²) in [4.78, 5) is 21.1. The molecule has 0 saturated heterocycles. The van der Waals surface area contributed by atoms with E-state index in [-0.39, 0.29) is 5.91 Å². The molecule has 4 heteroatoms. The molecule has 4 nitrogen and oxygen atoms in total. The molecule has 0 atom stereocenters. The van der Waals surface area contributed by atoms with Crippen molar-refractivity contribution in [1.29, 1.82) is 0 Å². The fourth-order valence-corrected chi connectivity index (χ4v) is 5.26. The molecular weight excluding hydrogens is 346 g/mol. The Morgan fingerprint density at radius 3 is 2.57 bits per heavy atom. The Balaban J connectivity index is 1.20. The highest BCUT2D eigenvalue weighted by Crippen LogP contribution is 2.54. The van der Waals surface area contributed by atoms with Crippen LogP contribution in [-0.4, -0.2) is 21.9 Å². The smallest absolute Gasteiger partial charge is 0.251 e. The predicted octanol–water partition coefficient (Wildman–Crippen LogP) is 4.87. The van der Waals surface area contributed by atoms with Gasteiger partial charge in [0, 0.05) is 35.6 Å². The molecule has 5 rings (SSSR count). The van der Waals surface area contributed by atoms with Gasteiger partial charge in [-0.1, -0.05) is 18.2 Å². The number of benzene rings is 1. The Morgan fingerprint density at radius 2 is 1.79 bits per heavy atom. The van der Waals surface area contributed by atoms with Gasteiger partial charge in [0.25, 0.3) is 5.91 Å². The lowest BCUT2D eigenvalue weighted by Crippen LogP contribution is -2.51. The van der Waals surface area contributed by atoms with Crippen LogP contribution in [0, 0.1) is 5.41 Å². The van der Waals surface area contributed by atoms with Gasteiger partial charge in [-0.3, -0.25) is 14.8 Å². The van der Waals surface area contributed by atoms with Gasteiger partial charge >= 0.3 is 0 Å². The Kier molecular flexibility index (Phi) is 4.34. The monoisotopic (exact) mass is 371 g/mol. The summed E-state index contributed by atoms with van der Waals surface area (Å²) in [5, 5.41) is 4.42. The van der Waals surface area contributed by atoms with Crippen LogP contribution in [0.25, 0.3) is 10.9 Å². The van der Waals surface area contributed by atoms with Gasteiger partial charge in [0.2, 0.25) is 0 Å². The summed E-state index contributed by atoms with van der Waals surface area (Å²) in [6.07, 6.45) is 12.9. The fraction of sp³-hybridized carbons (Fsp3) is 0.375. The van der Waals surface area contributed by atoms with E-state index in [1.54, 1.807) is 0 Å². The molecule has 2 aliphatic rings. The van der Waals surface area contributed by atoms with Crippen molar-refractivity contribution in [2.45, 2.75) is 50.5 Å². The van der Waals surface area contributed by atoms with E-state index in [2.05, 4.69) is 21.4 Å². The molecule has 3 aromatic rings. The first-order valence-corrected chi connectivity index (χ1v) is 10.3. The lowest BCUT2D eigenvalue weighted by atomic mass is 9.56. The second-order valence-electron chi connectivity index (χ2n) is 8.51. The Hall–Kier alpha value is -2.75. The third-order valence-corrected chi connectivity index (χ3v) is 6.79. The van der Waals surface area contributed by atoms with Gasteiger partial charge in [0.05, 0.1) is 5.52 Å². The lowest BCUT2D eigenvalue weighted by molar-refractivity contribution is 0.0312. The van der Waals surface area contributed by atoms with Crippen LogP contribution in [0.15, 0.2) is 61.1 Å². The van der Waals surface area contributed by atoms with E-state index in [1.807, 2.05) is 55.0 Å². The van der Waals surface area contributed by atoms with Crippen LogP contribution in [0.3, 0.4) is 0 Å². The molecule has 2 saturated carbocycles. The predicted molar refractivity (Wildman–Crippen MR) is 110 cm³/mol. The van der Waals surface area contributed by atoms with Crippen LogP contribution in [0.2, 0.25) is 0 Å². The molecule has 28 heavy (non-hydrogen) atoms. The highest BCUT2D eigenvalue weighted by Gasteiger charge is 2.46. The number of rotatable bonds is 3. The van der Waals surface area contributed by atoms with E-state index < -0.39 is 0 Å². The molecule has 2 fully saturated rings. The summed E-state index contributed by atoms with van der Waals surface area (Å²) < 4.78 is 0. The van der Waals surface area contributed by atoms with Crippen molar-refractivity contribution in [1.82, 2.24) is 15.3 Å². The van der Waals surface area contributed by atoms with Crippen molar-refractivity contribution in [3.63, 3.8) is 0 Å². The molecule has 2 aromatic heterocycles. The molecule has 142 valence electrons. The minimum Gasteiger partial charge on any atom is -0.349 e. The average Bonchev–Trinajstić information content (AvgIpc) is 2.73. The van der Waals surface area contributed by atoms with E-state index in [9.17, 15) is 4.79 Å². The van der Waals surface area contributed by atoms with E-state index in [4.69, 9.17) is 0 Å². The number of nitrogens with one attached hydrogen (secondary N) is 1. The first-order chi connectivity index (χ1) is 13.7. The quantitative estimate of drug-likeness (QED) is 0.715. The van der Waals surface area contributed by atoms with Gasteiger partial charge in [-0.15, -0.1) is 0 Å². The summed E-state index contributed by atoms with van der Waals surface area (Å²) >= 11 is 0. The number of pyridine rings is 2. The summed E-state index contributed by atoms with van der Waals surface area (Å²) in [5.41, 5.74) is 3.64. The standard InChI is InChI=1S/C24H25N3O/c28-23(18-4-2-1-3-5-18)27-19-14-24(15-19)10-6-17(7-11-24)20-8-13-26-22-9-12-25-16-21(20)22/h1-5,8-9,12-13,16-17,19H,6-7,10-11,14-15H2,(H,27,28). The van der Waals surface area contributed by atoms with Crippen LogP contribution < -0.4 is 5.32 Å². The van der Waals surface area contributed by atoms with Crippen LogP contribution in [0.5, 0.6) is 0 Å². The van der Waals surface area contributed by atoms with E-state index in [1.165, 1.54) is 36.6 Å². The molecule has 1 N–H and O–H groups in total. The van der Waals surface area contributed by atoms with E-state index >= 15 is 0 Å². The maximum Gasteiger partial charge on any atom is 0.251 e. The van der Waals surface area contributed by atoms with Crippen LogP contribution in [0.4, 0.5) is 0 Å². The molecule has 2 heterocycles. The number of fused-ring (bicyclic) bond motifs is 1. The van der Waals surface area contributed by atoms with Gasteiger partial charge in [0.1, 0.15) is 0 Å². The van der Waals surface area contributed by atoms with Crippen LogP contribution in [0.1, 0.15) is 60.4 Å². The second-order valence-corrected chi connectivity index (χ2v) is 8.51. The molecule has 1 aromatic carbocycles. The first kappa shape index (κ1) is 17.4. The number of carbonyl (C=O) groups excluding carboxylic acids is 1. The highest BCUT2D eigenvalue weighted by molar-refractivity contribution is 5.94. The van der Waals surface area contributed by atoms with Crippen molar-refractivity contribution in [3.8, 4) is 0 Å². The van der Waals surface area contributed by atoms with Gasteiger partial charge in [0.15, 0.2) is 0 Å². The summed E-state index contributed by atoms with van der Waals surface area (Å²) in [6.45, 7) is 0. The number of aromatic nitrogens is 2. The number of hydrogen-bond donors (Lipinski definition) is 1. The molecular formula is C24H25N3O. The van der Waals surface area contributed by atoms with Gasteiger partial charge in [-0.2, -0.15) is 0 Å². The average molecular weight is 371 g/mol. The maximum absolute atomic E-state index is 12.4. The van der Waals surface area contributed by atoms with Gasteiger partial charge < -0.3 is 5.32 Å². The minimum absolute atomic E-state index is 0.0601. The van der Waals surface area contributed by atoms with Gasteiger partial charge in [-0.25, -0.2) is 0 Å². The number of amides is 1. The van der Waals surface area contributed by atoms with Crippen LogP contribution in [-0.2, 0) is 0 Å². The zero-order valence-electron chi connectivity index (χ0n) is 16.0. The van der Waals surface area contributed by atoms with Crippen molar-refractivity contribution < 1.29 is 4.79 Å². The third-order valence-electron chi connectivity index (χ3n) is 6.79. The normalized spacial score (nSPS) is 26.7. The van der Waals surface area contributed by atoms with Crippen molar-refractivity contribution >= 4 is 16.8 Å². The Bertz CT molecular complexity index is 980. The topological polar surface area (TPSA) is 54.9 Å². The Labute approximate surface area is 165 Å². The third kappa shape index (κ3) is 3.17. The summed E-state index contributed by atoms with van der Waals surface area (Å²) in [7, 11) is 0. The van der Waals surface area contributed by atoms with Gasteiger partial charge in [-0.05, 0) is 79.7 Å². The van der Waals surface area contributed by atoms with Crippen LogP contribution >= 0.6 is 0 Å². The number of carbonyl (C=O) groups is 1. The maximum atomic E-state index is 12.4. The number of nitrogens with zero attached hydrogens (tertiary/aromatic N) is 2. The lowest BCUT2D eigenvalue weighted by Gasteiger charge is -2.52. The van der Waals surface area contributed by atoms with Crippen molar-refractivity contribution in [2.75, 3.05) is 0 Å². The fourth-order valence-electron chi connectivity index (χ4n) is 5.26. The molecule has 0 unspecified atom stereocenters. The molecule has 1 amide bonds. The highest BCUT2D eigenvalue weighted by atomic mass is 16.1. The summed E-state index contributed by atoms with van der Waals surface area (Å²) in [6, 6.07) is 14.0. The Morgan fingerprint density at radius 1 is 1.00 bits per heavy atom. The molecule has 1 spiro atoms. The van der Waals surface area contributed by atoms with Crippen molar-refractivity contribution in [3.05, 3.63) is 72.2 Å². The van der Waals surface area contributed by atoms with Crippen molar-refractivity contribution in [2.24, 2.45) is 5.41 Å². The van der Waals surface area contributed by atoms with E-state index in [0.717, 1.165) is 23.9 Å². The molecule has 0 bridgehead atoms. The number of hydrogen-bond acceptors (Lipinski definition) is 3. The largest absolute Gasteiger partial charge is 0.349 e. The SMILES string of the molecule is O=C(NC1CC2(CCC(c3ccnc4ccncc34)CC2)C1)c1ccccc1. The second kappa shape index (κ2) is 7.01. The minimum atomic E-state index is 0.0601.